The fraction of sp³-hybridized carbons (Fsp3) is 1.00. The third-order valence-corrected chi connectivity index (χ3v) is 3.60. The van der Waals surface area contributed by atoms with E-state index < -0.39 is 74.9 Å². The van der Waals surface area contributed by atoms with Gasteiger partial charge in [0.2, 0.25) is 0 Å². The number of hydrogen-bond donors (Lipinski definition) is 9. The summed E-state index contributed by atoms with van der Waals surface area (Å²) >= 11 is 0. The van der Waals surface area contributed by atoms with E-state index in [0.29, 0.717) is 0 Å². The highest BCUT2D eigenvalue weighted by Gasteiger charge is 2.48. The normalized spacial score (nSPS) is 34.8. The number of aliphatic hydroxyl groups is 9. The molecule has 11 nitrogen and oxygen atoms in total. The van der Waals surface area contributed by atoms with Gasteiger partial charge in [-0.1, -0.05) is 0 Å². The van der Waals surface area contributed by atoms with Crippen LogP contribution in [0.2, 0.25) is 0 Å². The van der Waals surface area contributed by atoms with E-state index in [2.05, 4.69) is 0 Å². The topological polar surface area (TPSA) is 201 Å². The van der Waals surface area contributed by atoms with Gasteiger partial charge in [-0.2, -0.15) is 0 Å². The third kappa shape index (κ3) is 4.78. The van der Waals surface area contributed by atoms with Gasteiger partial charge in [-0.25, -0.2) is 0 Å². The summed E-state index contributed by atoms with van der Waals surface area (Å²) in [4.78, 5) is 0. The molecule has 1 heterocycles. The highest BCUT2D eigenvalue weighted by atomic mass is 16.7. The molecule has 0 aromatic carbocycles. The first-order chi connectivity index (χ1) is 10.8. The van der Waals surface area contributed by atoms with E-state index in [9.17, 15) is 30.6 Å². The van der Waals surface area contributed by atoms with Gasteiger partial charge < -0.3 is 55.4 Å². The van der Waals surface area contributed by atoms with E-state index in [1.165, 1.54) is 0 Å². The van der Waals surface area contributed by atoms with Crippen LogP contribution < -0.4 is 0 Å². The molecule has 0 aromatic rings. The van der Waals surface area contributed by atoms with Gasteiger partial charge in [0.25, 0.3) is 0 Å². The van der Waals surface area contributed by atoms with Gasteiger partial charge in [0.15, 0.2) is 6.29 Å². The Bertz CT molecular complexity index is 343. The minimum Gasteiger partial charge on any atom is -0.394 e. The number of rotatable bonds is 9. The Labute approximate surface area is 131 Å². The van der Waals surface area contributed by atoms with Gasteiger partial charge in [-0.15, -0.1) is 0 Å². The fourth-order valence-electron chi connectivity index (χ4n) is 2.19. The molecule has 0 unspecified atom stereocenters. The molecular formula is C12H24O11. The molecule has 0 radical (unpaired) electrons. The second-order valence-electron chi connectivity index (χ2n) is 5.29. The molecule has 1 aliphatic rings. The lowest BCUT2D eigenvalue weighted by Gasteiger charge is -2.31. The Kier molecular flexibility index (Phi) is 8.20. The van der Waals surface area contributed by atoms with Crippen LogP contribution in [0.15, 0.2) is 0 Å². The van der Waals surface area contributed by atoms with Gasteiger partial charge in [-0.05, 0) is 0 Å². The van der Waals surface area contributed by atoms with Crippen LogP contribution in [0.1, 0.15) is 0 Å². The molecule has 23 heavy (non-hydrogen) atoms. The van der Waals surface area contributed by atoms with Crippen molar-refractivity contribution in [1.29, 1.82) is 0 Å². The van der Waals surface area contributed by atoms with Crippen LogP contribution in [0.25, 0.3) is 0 Å². The van der Waals surface area contributed by atoms with Crippen LogP contribution in [0.4, 0.5) is 0 Å². The van der Waals surface area contributed by atoms with Crippen LogP contribution in [0.3, 0.4) is 0 Å². The van der Waals surface area contributed by atoms with Gasteiger partial charge in [0.1, 0.15) is 48.8 Å². The number of aliphatic hydroxyl groups excluding tert-OH is 9. The highest BCUT2D eigenvalue weighted by Crippen LogP contribution is 2.27. The van der Waals surface area contributed by atoms with Crippen molar-refractivity contribution in [3.05, 3.63) is 0 Å². The standard InChI is InChI=1S/C12H24O11/c13-1-4(16)7(19)10(5(17)2-14)22-12-9(21)8(20)11(23-12)6(18)3-15/h4-21H,1-3H2/t4-,5-,6-,7-,8-,9-,10-,11+,12-/m1/s1. The van der Waals surface area contributed by atoms with Crippen LogP contribution in [-0.4, -0.2) is 121 Å². The van der Waals surface area contributed by atoms with Crippen molar-refractivity contribution in [3.8, 4) is 0 Å². The third-order valence-electron chi connectivity index (χ3n) is 3.60. The van der Waals surface area contributed by atoms with E-state index in [-0.39, 0.29) is 0 Å². The second kappa shape index (κ2) is 9.15. The largest absolute Gasteiger partial charge is 0.394 e. The van der Waals surface area contributed by atoms with E-state index in [1.54, 1.807) is 0 Å². The maximum absolute atomic E-state index is 9.82. The van der Waals surface area contributed by atoms with Crippen LogP contribution >= 0.6 is 0 Å². The average Bonchev–Trinajstić information content (AvgIpc) is 2.85. The van der Waals surface area contributed by atoms with E-state index >= 15 is 0 Å². The van der Waals surface area contributed by atoms with Crippen molar-refractivity contribution in [3.63, 3.8) is 0 Å². The molecule has 9 atom stereocenters. The SMILES string of the molecule is OC[C@@H](O)[C@@H](O)[C@H](O[C@@H]1O[C@@H]([C@H](O)CO)[C@H](O)[C@H]1O)[C@H](O)CO. The summed E-state index contributed by atoms with van der Waals surface area (Å²) in [5.74, 6) is 0. The van der Waals surface area contributed by atoms with E-state index in [1.807, 2.05) is 0 Å². The summed E-state index contributed by atoms with van der Waals surface area (Å²) in [6.45, 7) is -2.48. The van der Waals surface area contributed by atoms with Gasteiger partial charge in [-0.3, -0.25) is 0 Å². The monoisotopic (exact) mass is 344 g/mol. The minimum absolute atomic E-state index is 0.754. The Morgan fingerprint density at radius 3 is 1.87 bits per heavy atom. The molecule has 0 saturated carbocycles. The summed E-state index contributed by atoms with van der Waals surface area (Å²) in [7, 11) is 0. The quantitative estimate of drug-likeness (QED) is 0.193. The molecule has 0 bridgehead atoms. The zero-order valence-corrected chi connectivity index (χ0v) is 12.2. The molecule has 1 aliphatic heterocycles. The molecule has 1 saturated heterocycles. The maximum Gasteiger partial charge on any atom is 0.187 e. The second-order valence-corrected chi connectivity index (χ2v) is 5.29. The summed E-state index contributed by atoms with van der Waals surface area (Å²) in [6.07, 6.45) is -14.7. The Balaban J connectivity index is 2.83. The number of hydrogen-bond acceptors (Lipinski definition) is 11. The summed E-state index contributed by atoms with van der Waals surface area (Å²) in [5, 5.41) is 84.6. The molecule has 1 fully saturated rings. The van der Waals surface area contributed by atoms with Crippen molar-refractivity contribution >= 4 is 0 Å². The fourth-order valence-corrected chi connectivity index (χ4v) is 2.19. The molecule has 11 heteroatoms. The lowest BCUT2D eigenvalue weighted by atomic mass is 10.0. The smallest absolute Gasteiger partial charge is 0.187 e. The van der Waals surface area contributed by atoms with Crippen molar-refractivity contribution in [2.75, 3.05) is 19.8 Å². The molecule has 138 valence electrons. The lowest BCUT2D eigenvalue weighted by molar-refractivity contribution is -0.248. The van der Waals surface area contributed by atoms with E-state index in [0.717, 1.165) is 0 Å². The lowest BCUT2D eigenvalue weighted by Crippen LogP contribution is -2.51. The molecule has 0 amide bonds. The zero-order valence-electron chi connectivity index (χ0n) is 12.2. The highest BCUT2D eigenvalue weighted by molar-refractivity contribution is 4.92. The molecule has 9 N–H and O–H groups in total. The average molecular weight is 344 g/mol. The predicted molar refractivity (Wildman–Crippen MR) is 70.8 cm³/mol. The Morgan fingerprint density at radius 1 is 0.826 bits per heavy atom. The minimum atomic E-state index is -1.84. The van der Waals surface area contributed by atoms with Gasteiger partial charge in [0.05, 0.1) is 19.8 Å². The van der Waals surface area contributed by atoms with Gasteiger partial charge >= 0.3 is 0 Å². The summed E-state index contributed by atoms with van der Waals surface area (Å²) < 4.78 is 10.1. The first kappa shape index (κ1) is 20.6. The first-order valence-corrected chi connectivity index (χ1v) is 7.00. The van der Waals surface area contributed by atoms with Crippen molar-refractivity contribution in [2.24, 2.45) is 0 Å². The van der Waals surface area contributed by atoms with Gasteiger partial charge in [0, 0.05) is 0 Å². The van der Waals surface area contributed by atoms with Crippen molar-refractivity contribution in [1.82, 2.24) is 0 Å². The van der Waals surface area contributed by atoms with Crippen LogP contribution in [0, 0.1) is 0 Å². The maximum atomic E-state index is 9.82. The molecule has 0 spiro atoms. The van der Waals surface area contributed by atoms with Crippen LogP contribution in [-0.2, 0) is 9.47 Å². The number of ether oxygens (including phenoxy) is 2. The summed E-state index contributed by atoms with van der Waals surface area (Å²) in [5.41, 5.74) is 0. The van der Waals surface area contributed by atoms with Crippen molar-refractivity contribution < 1.29 is 55.4 Å². The Hall–Kier alpha value is -0.440. The van der Waals surface area contributed by atoms with Crippen LogP contribution in [0.5, 0.6) is 0 Å². The molecule has 0 aromatic heterocycles. The zero-order chi connectivity index (χ0) is 17.7. The predicted octanol–water partition coefficient (Wildman–Crippen LogP) is -5.76. The van der Waals surface area contributed by atoms with Crippen molar-refractivity contribution in [2.45, 2.75) is 55.1 Å². The first-order valence-electron chi connectivity index (χ1n) is 7.00. The molecular weight excluding hydrogens is 320 g/mol. The summed E-state index contributed by atoms with van der Waals surface area (Å²) in [6, 6.07) is 0. The Morgan fingerprint density at radius 2 is 1.39 bits per heavy atom. The van der Waals surface area contributed by atoms with E-state index in [4.69, 9.17) is 24.8 Å². The molecule has 1 rings (SSSR count). The molecule has 0 aliphatic carbocycles.